The summed E-state index contributed by atoms with van der Waals surface area (Å²) in [5.74, 6) is -4.07. The summed E-state index contributed by atoms with van der Waals surface area (Å²) < 4.78 is 9.12. The molecule has 0 aliphatic carbocycles. The van der Waals surface area contributed by atoms with E-state index in [0.717, 1.165) is 0 Å². The van der Waals surface area contributed by atoms with Crippen molar-refractivity contribution in [3.05, 3.63) is 262 Å². The van der Waals surface area contributed by atoms with Gasteiger partial charge in [-0.05, 0) is 175 Å². The average Bonchev–Trinajstić information content (AvgIpc) is 2.03. The summed E-state index contributed by atoms with van der Waals surface area (Å²) in [7, 11) is 12.6. The molecule has 436 valence electrons. The number of pyridine rings is 2. The van der Waals surface area contributed by atoms with Crippen LogP contribution in [0.4, 0.5) is 11.4 Å². The fraction of sp³-hybridized carbons (Fsp3) is 0.147. The number of carboxylic acid groups (broad SMARTS) is 2. The molecule has 0 aliphatic heterocycles. The van der Waals surface area contributed by atoms with Gasteiger partial charge in [-0.2, -0.15) is 9.13 Å². The number of carboxylic acids is 2. The molecular weight excluding hydrogens is 1080 g/mol. The van der Waals surface area contributed by atoms with E-state index in [0.29, 0.717) is 21.5 Å². The number of para-hydroxylation sites is 2. The first-order chi connectivity index (χ1) is 41.8. The van der Waals surface area contributed by atoms with Gasteiger partial charge in [0.1, 0.15) is 14.1 Å². The Labute approximate surface area is 507 Å². The minimum atomic E-state index is -1.35. The predicted octanol–water partition coefficient (Wildman–Crippen LogP) is 13.7. The van der Waals surface area contributed by atoms with Gasteiger partial charge in [0.2, 0.25) is 22.4 Å². The molecule has 8 aromatic carbocycles. The summed E-state index contributed by atoms with van der Waals surface area (Å²) in [4.78, 5) is 27.4. The van der Waals surface area contributed by atoms with E-state index < -0.39 is 23.4 Å². The van der Waals surface area contributed by atoms with Crippen LogP contribution in [0.2, 0.25) is 0 Å². The molecule has 0 bridgehead atoms. The van der Waals surface area contributed by atoms with Gasteiger partial charge in [0.05, 0.1) is 11.1 Å². The van der Waals surface area contributed by atoms with E-state index in [2.05, 4.69) is 256 Å². The van der Waals surface area contributed by atoms with Gasteiger partial charge in [0.25, 0.3) is 0 Å². The molecule has 4 aromatic heterocycles. The van der Waals surface area contributed by atoms with E-state index in [-0.39, 0.29) is 28.7 Å². The van der Waals surface area contributed by atoms with E-state index in [4.69, 9.17) is 0 Å². The Morgan fingerprint density at radius 3 is 1.18 bits per heavy atom. The van der Waals surface area contributed by atoms with E-state index in [1.54, 1.807) is 48.5 Å². The Morgan fingerprint density at radius 1 is 0.448 bits per heavy atom. The number of rotatable bonds is 12. The van der Waals surface area contributed by atoms with Gasteiger partial charge < -0.3 is 39.4 Å². The number of carbonyl (C=O) groups is 2. The molecule has 12 rings (SSSR count). The summed E-state index contributed by atoms with van der Waals surface area (Å²) in [5.41, 5.74) is 16.7. The molecule has 0 aliphatic rings. The highest BCUT2D eigenvalue weighted by Gasteiger charge is 2.19. The zero-order valence-corrected chi connectivity index (χ0v) is 50.7. The lowest BCUT2D eigenvalue weighted by atomic mass is 9.90. The Balaban J connectivity index is 0.000000144. The molecule has 87 heavy (non-hydrogen) atoms. The second kappa shape index (κ2) is 25.2. The number of anilines is 2. The van der Waals surface area contributed by atoms with Crippen LogP contribution < -0.4 is 29.1 Å². The molecular formula is C75H70N6O6. The van der Waals surface area contributed by atoms with Gasteiger partial charge in [-0.25, -0.2) is 9.59 Å². The van der Waals surface area contributed by atoms with Crippen molar-refractivity contribution in [3.63, 3.8) is 0 Å². The maximum Gasteiger partial charge on any atom is 0.335 e. The molecule has 0 amide bonds. The van der Waals surface area contributed by atoms with Gasteiger partial charge in [-0.3, -0.25) is 0 Å². The van der Waals surface area contributed by atoms with Gasteiger partial charge >= 0.3 is 11.9 Å². The maximum atomic E-state index is 12.9. The molecule has 12 nitrogen and oxygen atoms in total. The van der Waals surface area contributed by atoms with Crippen molar-refractivity contribution in [1.29, 1.82) is 0 Å². The van der Waals surface area contributed by atoms with Crippen molar-refractivity contribution in [2.24, 2.45) is 14.1 Å². The number of benzene rings is 8. The summed E-state index contributed by atoms with van der Waals surface area (Å²) in [6, 6.07) is 63.8. The van der Waals surface area contributed by atoms with Crippen LogP contribution in [0.25, 0.3) is 79.0 Å². The van der Waals surface area contributed by atoms with Crippen LogP contribution in [0.1, 0.15) is 77.1 Å². The molecule has 0 saturated heterocycles. The molecule has 0 radical (unpaired) electrons. The summed E-state index contributed by atoms with van der Waals surface area (Å²) in [6.45, 7) is 8.69. The van der Waals surface area contributed by atoms with Gasteiger partial charge in [-0.1, -0.05) is 96.4 Å². The van der Waals surface area contributed by atoms with Crippen LogP contribution in [-0.2, 0) is 20.5 Å². The van der Waals surface area contributed by atoms with Crippen molar-refractivity contribution in [1.82, 2.24) is 9.13 Å². The van der Waals surface area contributed by atoms with Crippen LogP contribution in [0.15, 0.2) is 194 Å². The van der Waals surface area contributed by atoms with E-state index in [1.807, 2.05) is 0 Å². The Hall–Kier alpha value is -10.7. The number of aryl methyl sites for hydroxylation is 4. The molecule has 12 heteroatoms. The lowest BCUT2D eigenvalue weighted by Crippen LogP contribution is -2.32. The number of hydrogen-bond donors (Lipinski definition) is 2. The van der Waals surface area contributed by atoms with Crippen molar-refractivity contribution in [2.75, 3.05) is 38.0 Å². The van der Waals surface area contributed by atoms with Crippen molar-refractivity contribution in [2.45, 2.75) is 34.1 Å². The molecule has 0 atom stereocenters. The molecule has 0 unspecified atom stereocenters. The zero-order valence-electron chi connectivity index (χ0n) is 50.7. The van der Waals surface area contributed by atoms with Crippen molar-refractivity contribution >= 4 is 91.0 Å². The van der Waals surface area contributed by atoms with Crippen LogP contribution in [-0.4, -0.2) is 59.5 Å². The SMILES string of the molecule is Cc1cc(/C=C\c2ccc3cc(N(C)C)ccc3[n+]2C)c(C)n1-c1ccccc1.Cc1cc(/C=C\c2ccc3cc(N(C)C)ccc3[n+]2C)c(C)n1-c1ccccc1.O=C(O)c1cc2ccccc2c(Cc2c([O-])c(C(=O)O)cc3ccccc23)c1[O-]. The van der Waals surface area contributed by atoms with Crippen LogP contribution in [0.3, 0.4) is 0 Å². The smallest absolute Gasteiger partial charge is 0.335 e. The monoisotopic (exact) mass is 1150 g/mol. The third kappa shape index (κ3) is 12.3. The number of fused-ring (bicyclic) bond motifs is 4. The Morgan fingerprint density at radius 2 is 0.816 bits per heavy atom. The molecule has 4 heterocycles. The molecule has 0 spiro atoms. The van der Waals surface area contributed by atoms with Crippen molar-refractivity contribution < 1.29 is 39.1 Å². The average molecular weight is 1150 g/mol. The van der Waals surface area contributed by atoms with Crippen molar-refractivity contribution in [3.8, 4) is 22.9 Å². The van der Waals surface area contributed by atoms with Crippen LogP contribution in [0.5, 0.6) is 11.5 Å². The predicted molar refractivity (Wildman–Crippen MR) is 351 cm³/mol. The lowest BCUT2D eigenvalue weighted by molar-refractivity contribution is -0.646. The number of nitrogens with zero attached hydrogens (tertiary/aromatic N) is 6. The second-order valence-electron chi connectivity index (χ2n) is 22.3. The minimum Gasteiger partial charge on any atom is -0.872 e. The third-order valence-electron chi connectivity index (χ3n) is 16.3. The minimum absolute atomic E-state index is 0.158. The summed E-state index contributed by atoms with van der Waals surface area (Å²) in [6.07, 6.45) is 8.68. The number of hydrogen-bond acceptors (Lipinski definition) is 6. The topological polar surface area (TPSA) is 145 Å². The fourth-order valence-corrected chi connectivity index (χ4v) is 11.6. The lowest BCUT2D eigenvalue weighted by Gasteiger charge is -2.24. The fourth-order valence-electron chi connectivity index (χ4n) is 11.6. The first-order valence-corrected chi connectivity index (χ1v) is 28.7. The number of aromatic nitrogens is 4. The van der Waals surface area contributed by atoms with Crippen LogP contribution in [0, 0.1) is 27.7 Å². The Bertz CT molecular complexity index is 4360. The molecule has 12 aromatic rings. The quantitative estimate of drug-likeness (QED) is 0.115. The second-order valence-corrected chi connectivity index (χ2v) is 22.3. The first kappa shape index (κ1) is 59.4. The van der Waals surface area contributed by atoms with Gasteiger partial charge in [-0.15, -0.1) is 0 Å². The normalized spacial score (nSPS) is 11.3. The highest BCUT2D eigenvalue weighted by Crippen LogP contribution is 2.37. The summed E-state index contributed by atoms with van der Waals surface area (Å²) >= 11 is 0. The van der Waals surface area contributed by atoms with Crippen LogP contribution >= 0.6 is 0 Å². The highest BCUT2D eigenvalue weighted by molar-refractivity contribution is 6.02. The largest absolute Gasteiger partial charge is 0.872 e. The first-order valence-electron chi connectivity index (χ1n) is 28.7. The van der Waals surface area contributed by atoms with E-state index in [1.165, 1.54) is 102 Å². The number of aromatic carboxylic acids is 2. The summed E-state index contributed by atoms with van der Waals surface area (Å²) in [5, 5.41) is 49.3. The highest BCUT2D eigenvalue weighted by atomic mass is 16.4. The van der Waals surface area contributed by atoms with Gasteiger partial charge in [0, 0.05) is 121 Å². The van der Waals surface area contributed by atoms with E-state index >= 15 is 0 Å². The maximum absolute atomic E-state index is 12.9. The molecule has 0 fully saturated rings. The van der Waals surface area contributed by atoms with Gasteiger partial charge in [0.15, 0.2) is 0 Å². The standard InChI is InChI=1S/2C26H28N3.C23H16O6/c2*1-19-17-21(20(2)29(19)24-9-7-6-8-10-24)11-13-23-14-12-22-18-25(27(3)4)15-16-26(22)28(23)5;24-20-16(14-7-3-1-5-12(14)9-18(20)22(26)27)11-17-15-8-4-2-6-13(15)10-19(21(17)25)23(28)29/h2*6-18H,1-5H3;1-10,24-25H,11H2,(H,26,27)(H,28,29)/q2*+1;/p-2. The Kier molecular flexibility index (Phi) is 17.2. The molecule has 2 N–H and O–H groups in total. The third-order valence-corrected chi connectivity index (χ3v) is 16.3. The zero-order chi connectivity index (χ0) is 61.8. The van der Waals surface area contributed by atoms with E-state index in [9.17, 15) is 30.0 Å². The molecule has 0 saturated carbocycles.